The standard InChI is InChI=1S/C44H50N8/c1-49-23-19-41(27-11-5-7-17-33(27)45-37(41)49)29-13-9-15-31-35(29)47-39-43(31,21-25-51(39)3)44-22-26-52(4)40(44)48-36-30(14-10-16-32(36)44)42-20-24-50(2)38(42)46-34-18-8-6-12-28(34)42/h5-18,37-40,45-48H,19-26H2,1-4H3/t37-,38-,39-,40+,41-,42-,43+,44-/m0/s1. The Bertz CT molecular complexity index is 2030. The summed E-state index contributed by atoms with van der Waals surface area (Å²) in [6, 6.07) is 33.0. The molecule has 0 radical (unpaired) electrons. The first-order valence-corrected chi connectivity index (χ1v) is 19.7. The van der Waals surface area contributed by atoms with Crippen LogP contribution >= 0.6 is 0 Å². The van der Waals surface area contributed by atoms with Gasteiger partial charge < -0.3 is 21.3 Å². The van der Waals surface area contributed by atoms with Crippen LogP contribution in [0.1, 0.15) is 59.1 Å². The number of benzene rings is 4. The number of nitrogens with zero attached hydrogens (tertiary/aromatic N) is 4. The van der Waals surface area contributed by atoms with Gasteiger partial charge in [-0.1, -0.05) is 72.8 Å². The highest BCUT2D eigenvalue weighted by molar-refractivity contribution is 5.81. The Balaban J connectivity index is 1.09. The lowest BCUT2D eigenvalue weighted by atomic mass is 9.54. The molecule has 0 amide bonds. The summed E-state index contributed by atoms with van der Waals surface area (Å²) in [7, 11) is 9.33. The SMILES string of the molecule is CN1CC[C@]2([C@@]34CCN(C)[C@@H]3Nc3c([C@@]56CCN(C)[C@@H]5Nc5ccccc56)cccc34)c3cccc([C@@]45CCN(C)[C@@H]4Nc4ccccc45)c3N[C@H]12. The Morgan fingerprint density at radius 3 is 1.23 bits per heavy atom. The lowest BCUT2D eigenvalue weighted by molar-refractivity contribution is 0.147. The van der Waals surface area contributed by atoms with Crippen molar-refractivity contribution in [3.8, 4) is 0 Å². The van der Waals surface area contributed by atoms with Gasteiger partial charge in [0, 0.05) is 59.8 Å². The summed E-state index contributed by atoms with van der Waals surface area (Å²) in [4.78, 5) is 10.4. The van der Waals surface area contributed by atoms with Crippen molar-refractivity contribution in [3.63, 3.8) is 0 Å². The van der Waals surface area contributed by atoms with Gasteiger partial charge in [-0.15, -0.1) is 0 Å². The van der Waals surface area contributed by atoms with Crippen LogP contribution in [0.3, 0.4) is 0 Å². The normalized spacial score (nSPS) is 38.0. The third-order valence-corrected chi connectivity index (χ3v) is 15.9. The largest absolute Gasteiger partial charge is 0.368 e. The van der Waals surface area contributed by atoms with Gasteiger partial charge in [-0.25, -0.2) is 0 Å². The van der Waals surface area contributed by atoms with Crippen molar-refractivity contribution in [2.24, 2.45) is 0 Å². The van der Waals surface area contributed by atoms with Crippen LogP contribution in [0.25, 0.3) is 0 Å². The zero-order chi connectivity index (χ0) is 34.8. The number of hydrogen-bond donors (Lipinski definition) is 4. The Morgan fingerprint density at radius 1 is 0.404 bits per heavy atom. The van der Waals surface area contributed by atoms with E-state index >= 15 is 0 Å². The number of fused-ring (bicyclic) bond motifs is 13. The fourth-order valence-electron chi connectivity index (χ4n) is 13.8. The molecule has 0 bridgehead atoms. The first-order valence-electron chi connectivity index (χ1n) is 19.7. The van der Waals surface area contributed by atoms with Gasteiger partial charge in [0.05, 0.1) is 35.5 Å². The summed E-state index contributed by atoms with van der Waals surface area (Å²) in [5.41, 5.74) is 13.9. The van der Waals surface area contributed by atoms with Gasteiger partial charge in [-0.2, -0.15) is 0 Å². The van der Waals surface area contributed by atoms with E-state index in [1.165, 1.54) is 56.1 Å². The van der Waals surface area contributed by atoms with Crippen LogP contribution in [0.2, 0.25) is 0 Å². The van der Waals surface area contributed by atoms with E-state index in [1.54, 1.807) is 0 Å². The van der Waals surface area contributed by atoms with Gasteiger partial charge in [0.15, 0.2) is 0 Å². The predicted octanol–water partition coefficient (Wildman–Crippen LogP) is 5.78. The van der Waals surface area contributed by atoms with Crippen LogP contribution in [0.15, 0.2) is 84.9 Å². The average Bonchev–Trinajstić information content (AvgIpc) is 4.03. The molecule has 4 aromatic rings. The zero-order valence-corrected chi connectivity index (χ0v) is 30.8. The van der Waals surface area contributed by atoms with Crippen LogP contribution in [0, 0.1) is 0 Å². The third kappa shape index (κ3) is 3.17. The van der Waals surface area contributed by atoms with Crippen LogP contribution in [0.4, 0.5) is 22.7 Å². The average molecular weight is 691 g/mol. The quantitative estimate of drug-likeness (QED) is 0.216. The molecule has 52 heavy (non-hydrogen) atoms. The molecule has 8 heteroatoms. The molecule has 0 aromatic heterocycles. The second kappa shape index (κ2) is 9.91. The molecule has 0 unspecified atom stereocenters. The molecule has 12 rings (SSSR count). The van der Waals surface area contributed by atoms with Crippen molar-refractivity contribution >= 4 is 22.7 Å². The van der Waals surface area contributed by atoms with E-state index in [0.717, 1.165) is 51.9 Å². The van der Waals surface area contributed by atoms with E-state index in [2.05, 4.69) is 154 Å². The van der Waals surface area contributed by atoms with Crippen LogP contribution in [0.5, 0.6) is 0 Å². The van der Waals surface area contributed by atoms with Gasteiger partial charge >= 0.3 is 0 Å². The molecule has 8 aliphatic heterocycles. The van der Waals surface area contributed by atoms with Crippen molar-refractivity contribution in [2.45, 2.75) is 72.0 Å². The molecular formula is C44H50N8. The van der Waals surface area contributed by atoms with Gasteiger partial charge in [0.2, 0.25) is 0 Å². The number of nitrogens with one attached hydrogen (secondary N) is 4. The second-order valence-electron chi connectivity index (χ2n) is 17.5. The molecule has 4 N–H and O–H groups in total. The molecule has 0 aliphatic carbocycles. The lowest BCUT2D eigenvalue weighted by Gasteiger charge is -2.48. The van der Waals surface area contributed by atoms with Crippen molar-refractivity contribution in [3.05, 3.63) is 118 Å². The molecule has 8 nitrogen and oxygen atoms in total. The van der Waals surface area contributed by atoms with Gasteiger partial charge in [0.25, 0.3) is 0 Å². The number of hydrogen-bond acceptors (Lipinski definition) is 8. The maximum atomic E-state index is 4.36. The minimum atomic E-state index is -0.101. The Morgan fingerprint density at radius 2 is 0.769 bits per heavy atom. The summed E-state index contributed by atoms with van der Waals surface area (Å²) >= 11 is 0. The minimum absolute atomic E-state index is 0.100. The molecule has 4 aromatic carbocycles. The van der Waals surface area contributed by atoms with Crippen molar-refractivity contribution in [2.75, 3.05) is 75.6 Å². The van der Waals surface area contributed by atoms with E-state index in [4.69, 9.17) is 0 Å². The van der Waals surface area contributed by atoms with Crippen molar-refractivity contribution < 1.29 is 0 Å². The summed E-state index contributed by atoms with van der Waals surface area (Å²) in [6.07, 6.45) is 5.41. The highest BCUT2D eigenvalue weighted by atomic mass is 15.4. The van der Waals surface area contributed by atoms with Gasteiger partial charge in [-0.05, 0) is 99.4 Å². The molecule has 0 spiro atoms. The molecule has 8 atom stereocenters. The molecular weight excluding hydrogens is 641 g/mol. The van der Waals surface area contributed by atoms with Gasteiger partial charge in [0.1, 0.15) is 0 Å². The fourth-order valence-corrected chi connectivity index (χ4v) is 13.8. The molecule has 4 saturated heterocycles. The lowest BCUT2D eigenvalue weighted by Crippen LogP contribution is -2.60. The predicted molar refractivity (Wildman–Crippen MR) is 209 cm³/mol. The molecule has 0 saturated carbocycles. The zero-order valence-electron chi connectivity index (χ0n) is 30.8. The summed E-state index contributed by atoms with van der Waals surface area (Å²) in [6.45, 7) is 4.33. The highest BCUT2D eigenvalue weighted by Gasteiger charge is 2.72. The number of likely N-dealkylation sites (N-methyl/N-ethyl adjacent to an activating group) is 4. The molecule has 266 valence electrons. The Kier molecular flexibility index (Phi) is 5.79. The molecule has 8 aliphatic rings. The van der Waals surface area contributed by atoms with E-state index in [9.17, 15) is 0 Å². The van der Waals surface area contributed by atoms with E-state index in [0.29, 0.717) is 0 Å². The van der Waals surface area contributed by atoms with Crippen LogP contribution in [-0.4, -0.2) is 98.6 Å². The molecule has 4 fully saturated rings. The smallest absolute Gasteiger partial charge is 0.0933 e. The second-order valence-corrected chi connectivity index (χ2v) is 17.5. The topological polar surface area (TPSA) is 61.1 Å². The van der Waals surface area contributed by atoms with E-state index < -0.39 is 0 Å². The highest BCUT2D eigenvalue weighted by Crippen LogP contribution is 2.69. The third-order valence-electron chi connectivity index (χ3n) is 15.9. The monoisotopic (exact) mass is 690 g/mol. The maximum absolute atomic E-state index is 4.36. The van der Waals surface area contributed by atoms with Crippen molar-refractivity contribution in [1.82, 2.24) is 19.6 Å². The Labute approximate surface area is 307 Å². The maximum Gasteiger partial charge on any atom is 0.0933 e. The van der Waals surface area contributed by atoms with Crippen LogP contribution < -0.4 is 21.3 Å². The number of para-hydroxylation sites is 4. The van der Waals surface area contributed by atoms with Crippen LogP contribution in [-0.2, 0) is 21.7 Å². The van der Waals surface area contributed by atoms with E-state index in [1.807, 2.05) is 0 Å². The summed E-state index contributed by atoms with van der Waals surface area (Å²) in [5.74, 6) is 0. The minimum Gasteiger partial charge on any atom is -0.368 e. The molecule has 8 heterocycles. The first kappa shape index (κ1) is 30.4. The Hall–Kier alpha value is -4.08. The number of anilines is 4. The summed E-state index contributed by atoms with van der Waals surface area (Å²) < 4.78 is 0. The first-order chi connectivity index (χ1) is 25.4. The van der Waals surface area contributed by atoms with E-state index in [-0.39, 0.29) is 46.3 Å². The number of likely N-dealkylation sites (tertiary alicyclic amines) is 4. The summed E-state index contributed by atoms with van der Waals surface area (Å²) in [5, 5.41) is 16.7. The van der Waals surface area contributed by atoms with Crippen molar-refractivity contribution in [1.29, 1.82) is 0 Å². The number of rotatable bonds is 3. The fraction of sp³-hybridized carbons (Fsp3) is 0.455. The van der Waals surface area contributed by atoms with Gasteiger partial charge in [-0.3, -0.25) is 19.6 Å².